The second-order valence-corrected chi connectivity index (χ2v) is 12.7. The van der Waals surface area contributed by atoms with Crippen molar-refractivity contribution in [3.63, 3.8) is 0 Å². The Morgan fingerprint density at radius 3 is 2.59 bits per heavy atom. The molecule has 0 unspecified atom stereocenters. The Bertz CT molecular complexity index is 1860. The second kappa shape index (κ2) is 13.8. The van der Waals surface area contributed by atoms with Gasteiger partial charge in [0.05, 0.1) is 23.3 Å². The number of nitrogens with zero attached hydrogens (tertiary/aromatic N) is 2. The van der Waals surface area contributed by atoms with Crippen LogP contribution >= 0.6 is 15.9 Å². The lowest BCUT2D eigenvalue weighted by atomic mass is 9.89. The molecule has 1 saturated carbocycles. The number of pyridine rings is 1. The zero-order chi connectivity index (χ0) is 30.5. The van der Waals surface area contributed by atoms with Gasteiger partial charge in [-0.25, -0.2) is 4.98 Å². The second-order valence-electron chi connectivity index (χ2n) is 11.7. The maximum atomic E-state index is 13.8. The van der Waals surface area contributed by atoms with E-state index < -0.39 is 0 Å². The van der Waals surface area contributed by atoms with Crippen molar-refractivity contribution in [1.82, 2.24) is 20.2 Å². The molecule has 0 saturated heterocycles. The van der Waals surface area contributed by atoms with Crippen molar-refractivity contribution in [3.05, 3.63) is 99.7 Å². The highest BCUT2D eigenvalue weighted by Crippen LogP contribution is 2.33. The van der Waals surface area contributed by atoms with Crippen molar-refractivity contribution in [1.29, 1.82) is 0 Å². The van der Waals surface area contributed by atoms with Crippen LogP contribution in [-0.2, 0) is 20.1 Å². The summed E-state index contributed by atoms with van der Waals surface area (Å²) in [6, 6.07) is 22.1. The van der Waals surface area contributed by atoms with Crippen LogP contribution in [0.5, 0.6) is 0 Å². The van der Waals surface area contributed by atoms with Crippen LogP contribution in [0.25, 0.3) is 33.1 Å². The molecule has 1 amide bonds. The molecule has 6 nitrogen and oxygen atoms in total. The zero-order valence-electron chi connectivity index (χ0n) is 25.1. The molecule has 5 aromatic rings. The number of nitrogens with two attached hydrogens (primary N) is 1. The van der Waals surface area contributed by atoms with Gasteiger partial charge in [0.25, 0.3) is 5.91 Å². The molecule has 0 atom stereocenters. The van der Waals surface area contributed by atoms with E-state index >= 15 is 0 Å². The van der Waals surface area contributed by atoms with Crippen LogP contribution in [0.1, 0.15) is 59.2 Å². The first kappa shape index (κ1) is 30.1. The fraction of sp³-hybridized carbons (Fsp3) is 0.297. The summed E-state index contributed by atoms with van der Waals surface area (Å²) in [4.78, 5) is 18.8. The lowest BCUT2D eigenvalue weighted by Crippen LogP contribution is -2.24. The van der Waals surface area contributed by atoms with Crippen LogP contribution in [0.15, 0.2) is 77.4 Å². The van der Waals surface area contributed by atoms with Gasteiger partial charge in [-0.05, 0) is 78.9 Å². The van der Waals surface area contributed by atoms with E-state index in [4.69, 9.17) is 10.7 Å². The van der Waals surface area contributed by atoms with Gasteiger partial charge in [0.2, 0.25) is 0 Å². The van der Waals surface area contributed by atoms with Gasteiger partial charge in [-0.2, -0.15) is 0 Å². The standard InChI is InChI=1S/C37H38BrN5O/c1-43-24-33(31-19-29(38)14-16-36(31)43)35-20-32(37(44)41-23-28-11-9-26(21-39)10-12-28)30-18-25(13-15-34(30)42-35)8-5-17-40-22-27-6-3-2-4-7-27/h9-16,18-20,24,27,40H,2-4,6-7,17,21-23,39H2,1H3,(H,41,44). The van der Waals surface area contributed by atoms with E-state index in [2.05, 4.69) is 61.3 Å². The van der Waals surface area contributed by atoms with E-state index in [0.717, 1.165) is 66.7 Å². The summed E-state index contributed by atoms with van der Waals surface area (Å²) < 4.78 is 3.09. The van der Waals surface area contributed by atoms with Gasteiger partial charge >= 0.3 is 0 Å². The summed E-state index contributed by atoms with van der Waals surface area (Å²) in [5.41, 5.74) is 12.9. The average molecular weight is 649 g/mol. The number of halogens is 1. The molecule has 1 aliphatic carbocycles. The zero-order valence-corrected chi connectivity index (χ0v) is 26.7. The van der Waals surface area contributed by atoms with E-state index in [0.29, 0.717) is 25.2 Å². The third-order valence-electron chi connectivity index (χ3n) is 8.60. The number of carbonyl (C=O) groups is 1. The first-order chi connectivity index (χ1) is 21.5. The lowest BCUT2D eigenvalue weighted by molar-refractivity contribution is 0.0952. The number of amides is 1. The normalized spacial score (nSPS) is 13.6. The Morgan fingerprint density at radius 2 is 1.80 bits per heavy atom. The minimum atomic E-state index is -0.151. The maximum Gasteiger partial charge on any atom is 0.252 e. The molecular formula is C37H38BrN5O. The van der Waals surface area contributed by atoms with Crippen molar-refractivity contribution in [3.8, 4) is 23.1 Å². The minimum absolute atomic E-state index is 0.151. The van der Waals surface area contributed by atoms with Gasteiger partial charge in [-0.15, -0.1) is 0 Å². The van der Waals surface area contributed by atoms with Gasteiger partial charge in [-0.3, -0.25) is 4.79 Å². The summed E-state index contributed by atoms with van der Waals surface area (Å²) >= 11 is 3.62. The quantitative estimate of drug-likeness (QED) is 0.124. The van der Waals surface area contributed by atoms with E-state index in [9.17, 15) is 4.79 Å². The van der Waals surface area contributed by atoms with Crippen LogP contribution in [-0.4, -0.2) is 28.5 Å². The summed E-state index contributed by atoms with van der Waals surface area (Å²) in [5, 5.41) is 8.50. The average Bonchev–Trinajstić information content (AvgIpc) is 3.38. The summed E-state index contributed by atoms with van der Waals surface area (Å²) in [7, 11) is 2.03. The van der Waals surface area contributed by atoms with Gasteiger partial charge in [-0.1, -0.05) is 71.3 Å². The molecule has 224 valence electrons. The van der Waals surface area contributed by atoms with Crippen molar-refractivity contribution in [2.75, 3.05) is 13.1 Å². The van der Waals surface area contributed by atoms with E-state index in [-0.39, 0.29) is 5.91 Å². The predicted molar refractivity (Wildman–Crippen MR) is 183 cm³/mol. The molecule has 0 spiro atoms. The SMILES string of the molecule is Cn1cc(-c2cc(C(=O)NCc3ccc(CN)cc3)c3cc(C#CCNCC4CCCCC4)ccc3n2)c2cc(Br)ccc21. The molecule has 7 heteroatoms. The van der Waals surface area contributed by atoms with Gasteiger partial charge in [0, 0.05) is 58.2 Å². The van der Waals surface area contributed by atoms with Crippen LogP contribution in [0, 0.1) is 17.8 Å². The fourth-order valence-electron chi connectivity index (χ4n) is 6.14. The Balaban J connectivity index is 1.31. The first-order valence-corrected chi connectivity index (χ1v) is 16.2. The number of carbonyl (C=O) groups excluding carboxylic acids is 1. The monoisotopic (exact) mass is 647 g/mol. The highest BCUT2D eigenvalue weighted by Gasteiger charge is 2.18. The Morgan fingerprint density at radius 1 is 1.00 bits per heavy atom. The van der Waals surface area contributed by atoms with Gasteiger partial charge in [0.1, 0.15) is 0 Å². The van der Waals surface area contributed by atoms with Crippen LogP contribution < -0.4 is 16.4 Å². The van der Waals surface area contributed by atoms with Gasteiger partial charge in [0.15, 0.2) is 0 Å². The number of fused-ring (bicyclic) bond motifs is 2. The minimum Gasteiger partial charge on any atom is -0.350 e. The molecule has 0 aliphatic heterocycles. The topological polar surface area (TPSA) is 85.0 Å². The van der Waals surface area contributed by atoms with Crippen molar-refractivity contribution in [2.45, 2.75) is 45.2 Å². The lowest BCUT2D eigenvalue weighted by Gasteiger charge is -2.21. The molecule has 0 bridgehead atoms. The van der Waals surface area contributed by atoms with Crippen molar-refractivity contribution < 1.29 is 4.79 Å². The number of rotatable bonds is 8. The highest BCUT2D eigenvalue weighted by molar-refractivity contribution is 9.10. The van der Waals surface area contributed by atoms with Crippen LogP contribution in [0.2, 0.25) is 0 Å². The molecule has 1 fully saturated rings. The molecule has 2 aromatic heterocycles. The molecule has 1 aliphatic rings. The van der Waals surface area contributed by atoms with Crippen LogP contribution in [0.3, 0.4) is 0 Å². The van der Waals surface area contributed by atoms with Crippen molar-refractivity contribution in [2.24, 2.45) is 18.7 Å². The number of nitrogens with one attached hydrogen (secondary N) is 2. The van der Waals surface area contributed by atoms with Crippen LogP contribution in [0.4, 0.5) is 0 Å². The number of benzene rings is 3. The Kier molecular flexibility index (Phi) is 9.42. The molecular weight excluding hydrogens is 610 g/mol. The predicted octanol–water partition coefficient (Wildman–Crippen LogP) is 7.07. The van der Waals surface area contributed by atoms with Gasteiger partial charge < -0.3 is 20.9 Å². The molecule has 44 heavy (non-hydrogen) atoms. The molecule has 3 aromatic carbocycles. The molecule has 4 N–H and O–H groups in total. The van der Waals surface area contributed by atoms with E-state index in [1.165, 1.54) is 32.1 Å². The Hall–Kier alpha value is -3.96. The Labute approximate surface area is 267 Å². The molecule has 0 radical (unpaired) electrons. The third kappa shape index (κ3) is 6.89. The maximum absolute atomic E-state index is 13.8. The largest absolute Gasteiger partial charge is 0.350 e. The number of aromatic nitrogens is 2. The van der Waals surface area contributed by atoms with E-state index in [1.54, 1.807) is 0 Å². The summed E-state index contributed by atoms with van der Waals surface area (Å²) in [6.07, 6.45) is 8.78. The number of hydrogen-bond donors (Lipinski definition) is 3. The molecule has 2 heterocycles. The number of aryl methyl sites for hydroxylation is 1. The summed E-state index contributed by atoms with van der Waals surface area (Å²) in [5.74, 6) is 7.20. The highest BCUT2D eigenvalue weighted by atomic mass is 79.9. The fourth-order valence-corrected chi connectivity index (χ4v) is 6.51. The van der Waals surface area contributed by atoms with Crippen molar-refractivity contribution >= 4 is 43.6 Å². The first-order valence-electron chi connectivity index (χ1n) is 15.4. The third-order valence-corrected chi connectivity index (χ3v) is 9.09. The summed E-state index contributed by atoms with van der Waals surface area (Å²) in [6.45, 7) is 2.59. The van der Waals surface area contributed by atoms with E-state index in [1.807, 2.05) is 61.6 Å². The smallest absolute Gasteiger partial charge is 0.252 e. The number of hydrogen-bond acceptors (Lipinski definition) is 4. The molecule has 6 rings (SSSR count).